The SMILES string of the molecule is C#CCOc1ncnc(Cl)c1Br. The molecule has 0 bridgehead atoms. The van der Waals surface area contributed by atoms with Crippen LogP contribution in [0.4, 0.5) is 0 Å². The van der Waals surface area contributed by atoms with Gasteiger partial charge >= 0.3 is 0 Å². The van der Waals surface area contributed by atoms with E-state index in [2.05, 4.69) is 31.8 Å². The van der Waals surface area contributed by atoms with Gasteiger partial charge in [0.1, 0.15) is 10.8 Å². The van der Waals surface area contributed by atoms with Crippen molar-refractivity contribution in [2.75, 3.05) is 6.61 Å². The highest BCUT2D eigenvalue weighted by Gasteiger charge is 2.06. The van der Waals surface area contributed by atoms with Crippen molar-refractivity contribution < 1.29 is 4.74 Å². The third kappa shape index (κ3) is 2.10. The summed E-state index contributed by atoms with van der Waals surface area (Å²) in [6.45, 7) is 0.159. The van der Waals surface area contributed by atoms with Crippen LogP contribution in [0.3, 0.4) is 0 Å². The van der Waals surface area contributed by atoms with Crippen molar-refractivity contribution in [3.63, 3.8) is 0 Å². The minimum Gasteiger partial charge on any atom is -0.464 e. The zero-order valence-electron chi connectivity index (χ0n) is 5.92. The molecule has 1 rings (SSSR count). The quantitative estimate of drug-likeness (QED) is 0.591. The molecule has 0 aliphatic carbocycles. The molecule has 0 aliphatic heterocycles. The fourth-order valence-electron chi connectivity index (χ4n) is 0.544. The molecule has 62 valence electrons. The third-order valence-electron chi connectivity index (χ3n) is 1.01. The summed E-state index contributed by atoms with van der Waals surface area (Å²) in [4.78, 5) is 7.54. The number of hydrogen-bond donors (Lipinski definition) is 0. The molecule has 1 aromatic heterocycles. The number of ether oxygens (including phenoxy) is 1. The molecule has 0 saturated heterocycles. The van der Waals surface area contributed by atoms with Gasteiger partial charge in [0.25, 0.3) is 0 Å². The predicted octanol–water partition coefficient (Wildman–Crippen LogP) is 1.90. The molecule has 1 aromatic rings. The van der Waals surface area contributed by atoms with Crippen LogP contribution >= 0.6 is 27.5 Å². The van der Waals surface area contributed by atoms with Gasteiger partial charge in [-0.1, -0.05) is 17.5 Å². The first kappa shape index (κ1) is 9.30. The number of aromatic nitrogens is 2. The summed E-state index contributed by atoms with van der Waals surface area (Å²) in [6.07, 6.45) is 6.30. The third-order valence-corrected chi connectivity index (χ3v) is 2.24. The minimum atomic E-state index is 0.159. The normalized spacial score (nSPS) is 9.08. The fraction of sp³-hybridized carbons (Fsp3) is 0.143. The Bertz CT molecular complexity index is 324. The van der Waals surface area contributed by atoms with Crippen LogP contribution in [0.2, 0.25) is 5.15 Å². The summed E-state index contributed by atoms with van der Waals surface area (Å²) in [5, 5.41) is 0.303. The highest BCUT2D eigenvalue weighted by atomic mass is 79.9. The maximum absolute atomic E-state index is 5.66. The lowest BCUT2D eigenvalue weighted by Crippen LogP contribution is -1.97. The molecular formula is C7H4BrClN2O. The van der Waals surface area contributed by atoms with Crippen molar-refractivity contribution in [1.82, 2.24) is 9.97 Å². The number of terminal acetylenes is 1. The standard InChI is InChI=1S/C7H4BrClN2O/c1-2-3-12-7-5(8)6(9)10-4-11-7/h1,4H,3H2. The van der Waals surface area contributed by atoms with Crippen LogP contribution in [0.15, 0.2) is 10.8 Å². The van der Waals surface area contributed by atoms with Crippen molar-refractivity contribution in [1.29, 1.82) is 0 Å². The van der Waals surface area contributed by atoms with Gasteiger partial charge in [-0.2, -0.15) is 0 Å². The van der Waals surface area contributed by atoms with E-state index in [1.807, 2.05) is 0 Å². The lowest BCUT2D eigenvalue weighted by Gasteiger charge is -2.02. The molecule has 0 saturated carbocycles. The van der Waals surface area contributed by atoms with Gasteiger partial charge in [-0.05, 0) is 15.9 Å². The molecule has 0 radical (unpaired) electrons. The van der Waals surface area contributed by atoms with E-state index in [9.17, 15) is 0 Å². The molecule has 3 nitrogen and oxygen atoms in total. The van der Waals surface area contributed by atoms with Crippen molar-refractivity contribution in [2.45, 2.75) is 0 Å². The number of halogens is 2. The smallest absolute Gasteiger partial charge is 0.233 e. The highest BCUT2D eigenvalue weighted by Crippen LogP contribution is 2.27. The Kier molecular flexibility index (Phi) is 3.32. The van der Waals surface area contributed by atoms with Gasteiger partial charge in [-0.3, -0.25) is 0 Å². The molecule has 5 heteroatoms. The molecule has 0 amide bonds. The first-order valence-electron chi connectivity index (χ1n) is 2.98. The Morgan fingerprint density at radius 2 is 2.42 bits per heavy atom. The lowest BCUT2D eigenvalue weighted by molar-refractivity contribution is 0.352. The highest BCUT2D eigenvalue weighted by molar-refractivity contribution is 9.10. The van der Waals surface area contributed by atoms with Crippen LogP contribution in [0.25, 0.3) is 0 Å². The average molecular weight is 247 g/mol. The first-order chi connectivity index (χ1) is 5.75. The Hall–Kier alpha value is -0.790. The molecule has 0 N–H and O–H groups in total. The van der Waals surface area contributed by atoms with Crippen LogP contribution in [-0.2, 0) is 0 Å². The molecular weight excluding hydrogens is 243 g/mol. The van der Waals surface area contributed by atoms with E-state index in [1.165, 1.54) is 6.33 Å². The zero-order valence-corrected chi connectivity index (χ0v) is 8.26. The lowest BCUT2D eigenvalue weighted by atomic mass is 10.6. The minimum absolute atomic E-state index is 0.159. The molecule has 0 atom stereocenters. The van der Waals surface area contributed by atoms with Gasteiger partial charge in [0, 0.05) is 0 Å². The Morgan fingerprint density at radius 1 is 1.67 bits per heavy atom. The van der Waals surface area contributed by atoms with Crippen molar-refractivity contribution >= 4 is 27.5 Å². The molecule has 0 aromatic carbocycles. The number of hydrogen-bond acceptors (Lipinski definition) is 3. The van der Waals surface area contributed by atoms with Gasteiger partial charge in [0.05, 0.1) is 0 Å². The summed E-state index contributed by atoms with van der Waals surface area (Å²) >= 11 is 8.82. The predicted molar refractivity (Wildman–Crippen MR) is 49.1 cm³/mol. The Morgan fingerprint density at radius 3 is 3.08 bits per heavy atom. The Labute approximate surface area is 83.2 Å². The van der Waals surface area contributed by atoms with Gasteiger partial charge in [0.15, 0.2) is 11.8 Å². The number of nitrogens with zero attached hydrogens (tertiary/aromatic N) is 2. The van der Waals surface area contributed by atoms with E-state index >= 15 is 0 Å². The van der Waals surface area contributed by atoms with Gasteiger partial charge < -0.3 is 4.74 Å². The first-order valence-corrected chi connectivity index (χ1v) is 4.15. The van der Waals surface area contributed by atoms with Crippen LogP contribution in [-0.4, -0.2) is 16.6 Å². The van der Waals surface area contributed by atoms with E-state index < -0.39 is 0 Å². The van der Waals surface area contributed by atoms with Crippen molar-refractivity contribution in [3.8, 4) is 18.2 Å². The maximum atomic E-state index is 5.66. The molecule has 0 spiro atoms. The molecule has 1 heterocycles. The average Bonchev–Trinajstić information content (AvgIpc) is 2.08. The molecule has 0 unspecified atom stereocenters. The summed E-state index contributed by atoms with van der Waals surface area (Å²) in [6, 6.07) is 0. The molecule has 12 heavy (non-hydrogen) atoms. The van der Waals surface area contributed by atoms with Gasteiger partial charge in [-0.15, -0.1) is 6.42 Å². The van der Waals surface area contributed by atoms with Crippen LogP contribution in [0.5, 0.6) is 5.88 Å². The van der Waals surface area contributed by atoms with E-state index in [-0.39, 0.29) is 6.61 Å². The summed E-state index contributed by atoms with van der Waals surface area (Å²) in [5.41, 5.74) is 0. The van der Waals surface area contributed by atoms with Gasteiger partial charge in [-0.25, -0.2) is 9.97 Å². The monoisotopic (exact) mass is 246 g/mol. The Balaban J connectivity index is 2.86. The van der Waals surface area contributed by atoms with Crippen LogP contribution in [0.1, 0.15) is 0 Å². The van der Waals surface area contributed by atoms with Gasteiger partial charge in [0.2, 0.25) is 5.88 Å². The van der Waals surface area contributed by atoms with E-state index in [4.69, 9.17) is 22.8 Å². The van der Waals surface area contributed by atoms with Crippen molar-refractivity contribution in [3.05, 3.63) is 16.0 Å². The van der Waals surface area contributed by atoms with Crippen LogP contribution < -0.4 is 4.74 Å². The summed E-state index contributed by atoms with van der Waals surface area (Å²) < 4.78 is 5.56. The van der Waals surface area contributed by atoms with E-state index in [0.717, 1.165) is 0 Å². The maximum Gasteiger partial charge on any atom is 0.233 e. The van der Waals surface area contributed by atoms with Crippen LogP contribution in [0, 0.1) is 12.3 Å². The number of rotatable bonds is 2. The van der Waals surface area contributed by atoms with E-state index in [1.54, 1.807) is 0 Å². The molecule has 0 fully saturated rings. The second kappa shape index (κ2) is 4.29. The van der Waals surface area contributed by atoms with Crippen molar-refractivity contribution in [2.24, 2.45) is 0 Å². The topological polar surface area (TPSA) is 35.0 Å². The summed E-state index contributed by atoms with van der Waals surface area (Å²) in [7, 11) is 0. The zero-order chi connectivity index (χ0) is 8.97. The van der Waals surface area contributed by atoms with E-state index in [0.29, 0.717) is 15.5 Å². The fourth-order valence-corrected chi connectivity index (χ4v) is 0.988. The largest absolute Gasteiger partial charge is 0.464 e. The second-order valence-corrected chi connectivity index (χ2v) is 2.93. The molecule has 0 aliphatic rings. The second-order valence-electron chi connectivity index (χ2n) is 1.78. The summed E-state index contributed by atoms with van der Waals surface area (Å²) in [5.74, 6) is 2.67.